The molecule has 0 bridgehead atoms. The van der Waals surface area contributed by atoms with Gasteiger partial charge in [0.2, 0.25) is 0 Å². The van der Waals surface area contributed by atoms with Crippen LogP contribution in [0.25, 0.3) is 6.08 Å². The second kappa shape index (κ2) is 12.3. The van der Waals surface area contributed by atoms with E-state index in [1.807, 2.05) is 37.3 Å². The predicted octanol–water partition coefficient (Wildman–Crippen LogP) is 4.92. The van der Waals surface area contributed by atoms with Crippen LogP contribution in [0.5, 0.6) is 11.5 Å². The van der Waals surface area contributed by atoms with Crippen molar-refractivity contribution < 1.29 is 23.4 Å². The first kappa shape index (κ1) is 28.0. The summed E-state index contributed by atoms with van der Waals surface area (Å²) < 4.78 is 33.1. The van der Waals surface area contributed by atoms with E-state index in [4.69, 9.17) is 14.2 Å². The van der Waals surface area contributed by atoms with E-state index in [2.05, 4.69) is 4.99 Å². The molecular weight excluding hydrogens is 543 g/mol. The highest BCUT2D eigenvalue weighted by Crippen LogP contribution is 2.31. The maximum absolute atomic E-state index is 14.1. The number of rotatable bonds is 9. The fourth-order valence-electron chi connectivity index (χ4n) is 4.67. The first-order valence-corrected chi connectivity index (χ1v) is 14.1. The molecule has 0 amide bonds. The molecule has 0 radical (unpaired) electrons. The highest BCUT2D eigenvalue weighted by atomic mass is 32.1. The third-order valence-electron chi connectivity index (χ3n) is 6.54. The van der Waals surface area contributed by atoms with Gasteiger partial charge in [-0.05, 0) is 56.2 Å². The number of hydrogen-bond donors (Lipinski definition) is 0. The molecule has 0 fully saturated rings. The summed E-state index contributed by atoms with van der Waals surface area (Å²) in [6.45, 7) is 6.02. The molecule has 9 heteroatoms. The third-order valence-corrected chi connectivity index (χ3v) is 7.52. The lowest BCUT2D eigenvalue weighted by Crippen LogP contribution is -2.39. The second-order valence-corrected chi connectivity index (χ2v) is 10.2. The molecule has 1 aromatic heterocycles. The van der Waals surface area contributed by atoms with Crippen molar-refractivity contribution in [3.05, 3.63) is 126 Å². The molecule has 0 saturated carbocycles. The molecular formula is C32H29FN2O5S. The van der Waals surface area contributed by atoms with Gasteiger partial charge < -0.3 is 14.2 Å². The van der Waals surface area contributed by atoms with Crippen molar-refractivity contribution >= 4 is 23.4 Å². The smallest absolute Gasteiger partial charge is 0.338 e. The van der Waals surface area contributed by atoms with Crippen LogP contribution >= 0.6 is 11.3 Å². The molecule has 41 heavy (non-hydrogen) atoms. The summed E-state index contributed by atoms with van der Waals surface area (Å²) in [5.41, 5.74) is 2.52. The molecule has 1 atom stereocenters. The van der Waals surface area contributed by atoms with Crippen molar-refractivity contribution in [3.63, 3.8) is 0 Å². The first-order chi connectivity index (χ1) is 19.9. The van der Waals surface area contributed by atoms with Crippen LogP contribution in [0.1, 0.15) is 43.5 Å². The van der Waals surface area contributed by atoms with Gasteiger partial charge in [0.1, 0.15) is 12.4 Å². The Kier molecular flexibility index (Phi) is 8.45. The Morgan fingerprint density at radius 1 is 1.00 bits per heavy atom. The highest BCUT2D eigenvalue weighted by molar-refractivity contribution is 7.07. The van der Waals surface area contributed by atoms with Crippen LogP contribution in [0, 0.1) is 5.82 Å². The normalized spacial score (nSPS) is 14.8. The number of thiazole rings is 1. The zero-order chi connectivity index (χ0) is 28.9. The molecule has 210 valence electrons. The zero-order valence-corrected chi connectivity index (χ0v) is 23.7. The van der Waals surface area contributed by atoms with E-state index in [0.717, 1.165) is 11.1 Å². The number of carbonyl (C=O) groups is 1. The number of esters is 1. The number of nitrogens with zero attached hydrogens (tertiary/aromatic N) is 2. The molecule has 0 unspecified atom stereocenters. The van der Waals surface area contributed by atoms with E-state index < -0.39 is 12.0 Å². The number of fused-ring (bicyclic) bond motifs is 1. The largest absolute Gasteiger partial charge is 0.490 e. The molecule has 2 heterocycles. The minimum atomic E-state index is -0.665. The molecule has 4 aromatic rings. The van der Waals surface area contributed by atoms with E-state index in [0.29, 0.717) is 44.3 Å². The third kappa shape index (κ3) is 5.85. The summed E-state index contributed by atoms with van der Waals surface area (Å²) in [6.07, 6.45) is 1.76. The summed E-state index contributed by atoms with van der Waals surface area (Å²) in [5.74, 6) is 0.109. The van der Waals surface area contributed by atoms with Crippen LogP contribution < -0.4 is 24.4 Å². The number of benzene rings is 3. The average Bonchev–Trinajstić information content (AvgIpc) is 3.27. The molecule has 5 rings (SSSR count). The minimum Gasteiger partial charge on any atom is -0.490 e. The Labute approximate surface area is 240 Å². The van der Waals surface area contributed by atoms with Crippen molar-refractivity contribution in [1.82, 2.24) is 4.57 Å². The van der Waals surface area contributed by atoms with Gasteiger partial charge in [-0.3, -0.25) is 9.36 Å². The van der Waals surface area contributed by atoms with Gasteiger partial charge in [0.05, 0.1) is 35.1 Å². The van der Waals surface area contributed by atoms with Crippen LogP contribution in [0.15, 0.2) is 93.9 Å². The zero-order valence-electron chi connectivity index (χ0n) is 22.9. The molecule has 0 spiro atoms. The van der Waals surface area contributed by atoms with Gasteiger partial charge >= 0.3 is 5.97 Å². The summed E-state index contributed by atoms with van der Waals surface area (Å²) >= 11 is 1.25. The Bertz CT molecular complexity index is 1790. The van der Waals surface area contributed by atoms with E-state index in [1.54, 1.807) is 60.9 Å². The Hall–Kier alpha value is -4.50. The molecule has 0 aliphatic carbocycles. The lowest BCUT2D eigenvalue weighted by molar-refractivity contribution is -0.139. The Morgan fingerprint density at radius 2 is 1.76 bits per heavy atom. The summed E-state index contributed by atoms with van der Waals surface area (Å²) in [4.78, 5) is 31.9. The molecule has 7 nitrogen and oxygen atoms in total. The summed E-state index contributed by atoms with van der Waals surface area (Å²) in [6, 6.07) is 20.5. The van der Waals surface area contributed by atoms with Gasteiger partial charge in [-0.15, -0.1) is 0 Å². The maximum Gasteiger partial charge on any atom is 0.338 e. The van der Waals surface area contributed by atoms with Crippen LogP contribution in [-0.2, 0) is 16.1 Å². The lowest BCUT2D eigenvalue weighted by Gasteiger charge is -2.24. The predicted molar refractivity (Wildman–Crippen MR) is 155 cm³/mol. The Balaban J connectivity index is 1.55. The average molecular weight is 573 g/mol. The number of halogens is 1. The molecule has 3 aromatic carbocycles. The fourth-order valence-corrected chi connectivity index (χ4v) is 5.71. The van der Waals surface area contributed by atoms with Crippen LogP contribution in [-0.4, -0.2) is 23.8 Å². The van der Waals surface area contributed by atoms with E-state index in [1.165, 1.54) is 17.4 Å². The lowest BCUT2D eigenvalue weighted by atomic mass is 9.96. The number of aromatic nitrogens is 1. The van der Waals surface area contributed by atoms with Crippen molar-refractivity contribution in [1.29, 1.82) is 0 Å². The fraction of sp³-hybridized carbons (Fsp3) is 0.219. The number of ether oxygens (including phenoxy) is 3. The molecule has 1 aliphatic heterocycles. The van der Waals surface area contributed by atoms with Crippen molar-refractivity contribution in [2.75, 3.05) is 13.2 Å². The maximum atomic E-state index is 14.1. The highest BCUT2D eigenvalue weighted by Gasteiger charge is 2.33. The molecule has 1 aliphatic rings. The number of carbonyl (C=O) groups excluding carboxylic acids is 1. The SMILES string of the molecule is CCOC(=O)C1=C(C)N=c2s/c(=C/c3ccc(OCc4ccccc4F)c(OCC)c3)c(=O)n2[C@@H]1c1ccccc1. The van der Waals surface area contributed by atoms with Gasteiger partial charge in [0.15, 0.2) is 16.3 Å². The van der Waals surface area contributed by atoms with Gasteiger partial charge in [-0.2, -0.15) is 0 Å². The summed E-state index contributed by atoms with van der Waals surface area (Å²) in [7, 11) is 0. The van der Waals surface area contributed by atoms with Gasteiger partial charge in [0.25, 0.3) is 5.56 Å². The molecule has 0 saturated heterocycles. The van der Waals surface area contributed by atoms with E-state index in [-0.39, 0.29) is 24.6 Å². The van der Waals surface area contributed by atoms with Crippen LogP contribution in [0.3, 0.4) is 0 Å². The Morgan fingerprint density at radius 3 is 2.49 bits per heavy atom. The van der Waals surface area contributed by atoms with Crippen LogP contribution in [0.2, 0.25) is 0 Å². The minimum absolute atomic E-state index is 0.0479. The number of allylic oxidation sites excluding steroid dienone is 1. The molecule has 0 N–H and O–H groups in total. The van der Waals surface area contributed by atoms with Crippen molar-refractivity contribution in [3.8, 4) is 11.5 Å². The monoisotopic (exact) mass is 572 g/mol. The van der Waals surface area contributed by atoms with Crippen molar-refractivity contribution in [2.24, 2.45) is 4.99 Å². The summed E-state index contributed by atoms with van der Waals surface area (Å²) in [5, 5.41) is 0. The topological polar surface area (TPSA) is 79.1 Å². The van der Waals surface area contributed by atoms with Gasteiger partial charge in [-0.25, -0.2) is 14.2 Å². The van der Waals surface area contributed by atoms with Crippen LogP contribution in [0.4, 0.5) is 4.39 Å². The van der Waals surface area contributed by atoms with Gasteiger partial charge in [-0.1, -0.05) is 65.9 Å². The standard InChI is InChI=1S/C32H29FN2O5S/c1-4-38-26-17-21(15-16-25(26)40-19-23-13-9-10-14-24(23)33)18-27-30(36)35-29(22-11-7-6-8-12-22)28(31(37)39-5-2)20(3)34-32(35)41-27/h6-18,29H,4-5,19H2,1-3H3/b27-18+/t29-/m1/s1. The quantitative estimate of drug-likeness (QED) is 0.266. The van der Waals surface area contributed by atoms with Crippen molar-refractivity contribution in [2.45, 2.75) is 33.4 Å². The first-order valence-electron chi connectivity index (χ1n) is 13.3. The van der Waals surface area contributed by atoms with E-state index in [9.17, 15) is 14.0 Å². The van der Waals surface area contributed by atoms with E-state index >= 15 is 0 Å². The van der Waals surface area contributed by atoms with Gasteiger partial charge in [0, 0.05) is 5.56 Å². The number of hydrogen-bond acceptors (Lipinski definition) is 7. The second-order valence-electron chi connectivity index (χ2n) is 9.23.